The van der Waals surface area contributed by atoms with Crippen LogP contribution in [-0.4, -0.2) is 27.8 Å². The maximum atomic E-state index is 12.0. The Bertz CT molecular complexity index is 774. The van der Waals surface area contributed by atoms with E-state index in [0.29, 0.717) is 6.54 Å². The van der Waals surface area contributed by atoms with Gasteiger partial charge in [0.25, 0.3) is 0 Å². The van der Waals surface area contributed by atoms with Crippen LogP contribution in [0, 0.1) is 6.92 Å². The van der Waals surface area contributed by atoms with Crippen molar-refractivity contribution in [2.75, 3.05) is 24.2 Å². The predicted molar refractivity (Wildman–Crippen MR) is 115 cm³/mol. The molecule has 0 unspecified atom stereocenters. The van der Waals surface area contributed by atoms with Crippen molar-refractivity contribution in [1.29, 1.82) is 0 Å². The Morgan fingerprint density at radius 3 is 2.22 bits per heavy atom. The number of sulfonamides is 1. The summed E-state index contributed by atoms with van der Waals surface area (Å²) < 4.78 is 26.8. The van der Waals surface area contributed by atoms with Gasteiger partial charge >= 0.3 is 0 Å². The number of anilines is 1. The monoisotopic (exact) mass is 388 g/mol. The van der Waals surface area contributed by atoms with Crippen molar-refractivity contribution in [3.05, 3.63) is 65.7 Å². The van der Waals surface area contributed by atoms with Gasteiger partial charge in [0.1, 0.15) is 0 Å². The first-order valence-corrected chi connectivity index (χ1v) is 11.6. The Morgan fingerprint density at radius 1 is 0.963 bits per heavy atom. The van der Waals surface area contributed by atoms with E-state index in [4.69, 9.17) is 0 Å². The number of aryl methyl sites for hydroxylation is 1. The van der Waals surface area contributed by atoms with Crippen LogP contribution in [0.25, 0.3) is 0 Å². The van der Waals surface area contributed by atoms with Gasteiger partial charge in [-0.05, 0) is 31.0 Å². The molecule has 0 bridgehead atoms. The van der Waals surface area contributed by atoms with E-state index in [1.165, 1.54) is 25.5 Å². The zero-order valence-corrected chi connectivity index (χ0v) is 17.5. The van der Waals surface area contributed by atoms with Crippen molar-refractivity contribution < 1.29 is 8.42 Å². The third-order valence-electron chi connectivity index (χ3n) is 4.64. The Kier molecular flexibility index (Phi) is 8.32. The molecule has 27 heavy (non-hydrogen) atoms. The number of unbranched alkanes of at least 4 members (excludes halogenated alkanes) is 3. The summed E-state index contributed by atoms with van der Waals surface area (Å²) in [5, 5.41) is 0. The summed E-state index contributed by atoms with van der Waals surface area (Å²) in [5.74, 6) is 0. The topological polar surface area (TPSA) is 49.4 Å². The van der Waals surface area contributed by atoms with Gasteiger partial charge in [0.15, 0.2) is 0 Å². The van der Waals surface area contributed by atoms with Gasteiger partial charge in [-0.3, -0.25) is 0 Å². The van der Waals surface area contributed by atoms with Crippen LogP contribution >= 0.6 is 0 Å². The molecule has 0 aliphatic carbocycles. The normalized spacial score (nSPS) is 12.7. The minimum Gasteiger partial charge on any atom is -0.370 e. The summed E-state index contributed by atoms with van der Waals surface area (Å²) in [4.78, 5) is 2.29. The molecule has 1 N–H and O–H groups in total. The minimum atomic E-state index is -3.32. The predicted octanol–water partition coefficient (Wildman–Crippen LogP) is 4.67. The van der Waals surface area contributed by atoms with Gasteiger partial charge in [-0.15, -0.1) is 0 Å². The van der Waals surface area contributed by atoms with Gasteiger partial charge in [0.2, 0.25) is 10.0 Å². The molecule has 0 spiro atoms. The molecular formula is C22H32N2O2S. The molecule has 0 heterocycles. The molecule has 5 heteroatoms. The van der Waals surface area contributed by atoms with Crippen LogP contribution in [0.15, 0.2) is 54.6 Å². The fourth-order valence-corrected chi connectivity index (χ4v) is 3.91. The molecule has 2 aromatic rings. The number of hydrogen-bond acceptors (Lipinski definition) is 3. The summed E-state index contributed by atoms with van der Waals surface area (Å²) >= 11 is 0. The Balaban J connectivity index is 2.23. The van der Waals surface area contributed by atoms with E-state index in [2.05, 4.69) is 28.7 Å². The third-order valence-corrected chi connectivity index (χ3v) is 5.35. The zero-order chi connectivity index (χ0) is 19.7. The average Bonchev–Trinajstić information content (AvgIpc) is 2.64. The maximum absolute atomic E-state index is 12.0. The van der Waals surface area contributed by atoms with Crippen molar-refractivity contribution in [3.8, 4) is 0 Å². The first-order chi connectivity index (χ1) is 12.9. The van der Waals surface area contributed by atoms with Crippen LogP contribution in [0.5, 0.6) is 0 Å². The van der Waals surface area contributed by atoms with Crippen LogP contribution < -0.4 is 9.62 Å². The quantitative estimate of drug-likeness (QED) is 0.569. The van der Waals surface area contributed by atoms with E-state index in [1.54, 1.807) is 0 Å². The fourth-order valence-electron chi connectivity index (χ4n) is 3.18. The van der Waals surface area contributed by atoms with E-state index < -0.39 is 10.0 Å². The molecule has 0 saturated heterocycles. The van der Waals surface area contributed by atoms with Crippen LogP contribution in [0.4, 0.5) is 5.69 Å². The van der Waals surface area contributed by atoms with E-state index in [9.17, 15) is 8.42 Å². The highest BCUT2D eigenvalue weighted by atomic mass is 32.2. The lowest BCUT2D eigenvalue weighted by atomic mass is 10.0. The van der Waals surface area contributed by atoms with Gasteiger partial charge in [-0.1, -0.05) is 74.2 Å². The van der Waals surface area contributed by atoms with Gasteiger partial charge in [-0.25, -0.2) is 13.1 Å². The second-order valence-corrected chi connectivity index (χ2v) is 8.98. The summed E-state index contributed by atoms with van der Waals surface area (Å²) in [6.45, 7) is 5.76. The molecule has 0 saturated carbocycles. The highest BCUT2D eigenvalue weighted by molar-refractivity contribution is 7.88. The van der Waals surface area contributed by atoms with Gasteiger partial charge < -0.3 is 4.90 Å². The molecule has 0 aromatic heterocycles. The molecule has 0 fully saturated rings. The minimum absolute atomic E-state index is 0.285. The number of nitrogens with one attached hydrogen (secondary N) is 1. The molecule has 0 aliphatic heterocycles. The van der Waals surface area contributed by atoms with Gasteiger partial charge in [0, 0.05) is 18.8 Å². The van der Waals surface area contributed by atoms with Gasteiger partial charge in [0.05, 0.1) is 12.3 Å². The van der Waals surface area contributed by atoms with Crippen molar-refractivity contribution in [2.24, 2.45) is 0 Å². The molecule has 0 amide bonds. The summed E-state index contributed by atoms with van der Waals surface area (Å²) in [5.41, 5.74) is 3.28. The first kappa shape index (κ1) is 21.5. The third kappa shape index (κ3) is 7.73. The Hall–Kier alpha value is -1.85. The lowest BCUT2D eigenvalue weighted by Gasteiger charge is -2.30. The first-order valence-electron chi connectivity index (χ1n) is 9.73. The summed E-state index contributed by atoms with van der Waals surface area (Å²) in [6.07, 6.45) is 5.94. The second-order valence-electron chi connectivity index (χ2n) is 7.20. The molecule has 4 nitrogen and oxygen atoms in total. The number of hydrogen-bond donors (Lipinski definition) is 1. The highest BCUT2D eigenvalue weighted by Crippen LogP contribution is 2.22. The SMILES string of the molecule is CCCCCCN(C[C@H](NS(C)(=O)=O)c1ccc(C)cc1)c1ccccc1. The molecular weight excluding hydrogens is 356 g/mol. The van der Waals surface area contributed by atoms with Crippen molar-refractivity contribution >= 4 is 15.7 Å². The zero-order valence-electron chi connectivity index (χ0n) is 16.7. The van der Waals surface area contributed by atoms with Crippen LogP contribution in [0.3, 0.4) is 0 Å². The molecule has 0 radical (unpaired) electrons. The Morgan fingerprint density at radius 2 is 1.63 bits per heavy atom. The fraction of sp³-hybridized carbons (Fsp3) is 0.455. The molecule has 2 rings (SSSR count). The number of para-hydroxylation sites is 1. The smallest absolute Gasteiger partial charge is 0.209 e. The van der Waals surface area contributed by atoms with Crippen molar-refractivity contribution in [2.45, 2.75) is 45.6 Å². The van der Waals surface area contributed by atoms with Crippen LogP contribution in [-0.2, 0) is 10.0 Å². The lowest BCUT2D eigenvalue weighted by molar-refractivity contribution is 0.548. The number of benzene rings is 2. The largest absolute Gasteiger partial charge is 0.370 e. The molecule has 1 atom stereocenters. The molecule has 0 aliphatic rings. The summed E-state index contributed by atoms with van der Waals surface area (Å²) in [6, 6.07) is 18.0. The van der Waals surface area contributed by atoms with Crippen LogP contribution in [0.1, 0.15) is 49.8 Å². The second kappa shape index (κ2) is 10.5. The maximum Gasteiger partial charge on any atom is 0.209 e. The number of nitrogens with zero attached hydrogens (tertiary/aromatic N) is 1. The Labute approximate surface area is 164 Å². The van der Waals surface area contributed by atoms with Crippen molar-refractivity contribution in [3.63, 3.8) is 0 Å². The van der Waals surface area contributed by atoms with Gasteiger partial charge in [-0.2, -0.15) is 0 Å². The summed E-state index contributed by atoms with van der Waals surface area (Å²) in [7, 11) is -3.32. The van der Waals surface area contributed by atoms with Crippen LogP contribution in [0.2, 0.25) is 0 Å². The van der Waals surface area contributed by atoms with Crippen molar-refractivity contribution in [1.82, 2.24) is 4.72 Å². The highest BCUT2D eigenvalue weighted by Gasteiger charge is 2.20. The van der Waals surface area contributed by atoms with E-state index in [0.717, 1.165) is 29.8 Å². The van der Waals surface area contributed by atoms with E-state index in [-0.39, 0.29) is 6.04 Å². The molecule has 2 aromatic carbocycles. The lowest BCUT2D eigenvalue weighted by Crippen LogP contribution is -2.38. The average molecular weight is 389 g/mol. The molecule has 148 valence electrons. The van der Waals surface area contributed by atoms with E-state index in [1.807, 2.05) is 49.4 Å². The van der Waals surface area contributed by atoms with E-state index >= 15 is 0 Å². The standard InChI is InChI=1S/C22H32N2O2S/c1-4-5-6-10-17-24(21-11-8-7-9-12-21)18-22(23-27(3,25)26)20-15-13-19(2)14-16-20/h7-9,11-16,22-23H,4-6,10,17-18H2,1-3H3/t22-/m0/s1. The number of rotatable bonds is 11.